The number of rotatable bonds is 18. The summed E-state index contributed by atoms with van der Waals surface area (Å²) < 4.78 is 0. The monoisotopic (exact) mass is 324 g/mol. The van der Waals surface area contributed by atoms with Crippen LogP contribution in [0.25, 0.3) is 0 Å². The number of carbonyl (C=O) groups is 1. The summed E-state index contributed by atoms with van der Waals surface area (Å²) in [6, 6.07) is 0. The molecule has 2 nitrogen and oxygen atoms in total. The van der Waals surface area contributed by atoms with E-state index in [4.69, 9.17) is 5.11 Å². The molecule has 0 saturated heterocycles. The quantitative estimate of drug-likeness (QED) is 0.212. The standard InChI is InChI=1S/C21H40O2/c1-2-3-4-5-6-7-8-9-10-11-12-13-14-15-16-17-18-19-20-21(22)23/h17-18H,2-16,19-20H2,1H3,(H,22,23). The van der Waals surface area contributed by atoms with Crippen LogP contribution in [0.2, 0.25) is 0 Å². The maximum Gasteiger partial charge on any atom is 0.303 e. The van der Waals surface area contributed by atoms with Crippen LogP contribution in [0.5, 0.6) is 0 Å². The molecule has 136 valence electrons. The third kappa shape index (κ3) is 21.2. The van der Waals surface area contributed by atoms with Gasteiger partial charge in [0.25, 0.3) is 0 Å². The smallest absolute Gasteiger partial charge is 0.303 e. The number of hydrogen-bond acceptors (Lipinski definition) is 1. The first-order valence-corrected chi connectivity index (χ1v) is 10.1. The van der Waals surface area contributed by atoms with Gasteiger partial charge in [-0.2, -0.15) is 0 Å². The predicted octanol–water partition coefficient (Wildman–Crippen LogP) is 7.28. The molecule has 0 aromatic rings. The Kier molecular flexibility index (Phi) is 18.6. The van der Waals surface area contributed by atoms with Crippen molar-refractivity contribution < 1.29 is 9.90 Å². The number of aliphatic carboxylic acids is 1. The Labute approximate surface area is 144 Å². The van der Waals surface area contributed by atoms with Crippen molar-refractivity contribution in [2.45, 2.75) is 116 Å². The van der Waals surface area contributed by atoms with Gasteiger partial charge in [-0.3, -0.25) is 4.79 Å². The topological polar surface area (TPSA) is 37.3 Å². The Balaban J connectivity index is 3.04. The summed E-state index contributed by atoms with van der Waals surface area (Å²) in [5, 5.41) is 8.51. The molecule has 0 aromatic carbocycles. The van der Waals surface area contributed by atoms with Gasteiger partial charge in [0.2, 0.25) is 0 Å². The van der Waals surface area contributed by atoms with Gasteiger partial charge in [-0.1, -0.05) is 103 Å². The zero-order chi connectivity index (χ0) is 17.0. The Morgan fingerprint density at radius 3 is 1.48 bits per heavy atom. The molecule has 0 aromatic heterocycles. The predicted molar refractivity (Wildman–Crippen MR) is 101 cm³/mol. The van der Waals surface area contributed by atoms with E-state index in [1.54, 1.807) is 0 Å². The Hall–Kier alpha value is -0.790. The van der Waals surface area contributed by atoms with Crippen LogP contribution in [0, 0.1) is 0 Å². The molecule has 0 unspecified atom stereocenters. The van der Waals surface area contributed by atoms with Crippen molar-refractivity contribution in [1.29, 1.82) is 0 Å². The van der Waals surface area contributed by atoms with Crippen LogP contribution in [0.15, 0.2) is 12.2 Å². The highest BCUT2D eigenvalue weighted by molar-refractivity contribution is 5.66. The van der Waals surface area contributed by atoms with E-state index in [2.05, 4.69) is 13.0 Å². The minimum absolute atomic E-state index is 0.259. The zero-order valence-corrected chi connectivity index (χ0v) is 15.5. The van der Waals surface area contributed by atoms with Crippen molar-refractivity contribution in [3.05, 3.63) is 12.2 Å². The molecule has 0 spiro atoms. The third-order valence-corrected chi connectivity index (χ3v) is 4.42. The van der Waals surface area contributed by atoms with E-state index in [0.717, 1.165) is 6.42 Å². The molecule has 0 atom stereocenters. The van der Waals surface area contributed by atoms with E-state index in [9.17, 15) is 4.79 Å². The van der Waals surface area contributed by atoms with Gasteiger partial charge in [-0.25, -0.2) is 0 Å². The maximum absolute atomic E-state index is 10.3. The highest BCUT2D eigenvalue weighted by Crippen LogP contribution is 2.13. The van der Waals surface area contributed by atoms with E-state index in [-0.39, 0.29) is 6.42 Å². The zero-order valence-electron chi connectivity index (χ0n) is 15.5. The van der Waals surface area contributed by atoms with Crippen LogP contribution in [0.1, 0.15) is 116 Å². The van der Waals surface area contributed by atoms with E-state index >= 15 is 0 Å². The lowest BCUT2D eigenvalue weighted by atomic mass is 10.0. The van der Waals surface area contributed by atoms with Crippen LogP contribution in [0.3, 0.4) is 0 Å². The molecule has 0 aliphatic heterocycles. The van der Waals surface area contributed by atoms with Gasteiger partial charge in [0.1, 0.15) is 0 Å². The van der Waals surface area contributed by atoms with Crippen LogP contribution >= 0.6 is 0 Å². The first kappa shape index (κ1) is 22.2. The van der Waals surface area contributed by atoms with Gasteiger partial charge < -0.3 is 5.11 Å². The van der Waals surface area contributed by atoms with Crippen molar-refractivity contribution in [2.24, 2.45) is 0 Å². The minimum Gasteiger partial charge on any atom is -0.481 e. The lowest BCUT2D eigenvalue weighted by molar-refractivity contribution is -0.136. The molecule has 0 aliphatic carbocycles. The number of carboxylic acids is 1. The fraction of sp³-hybridized carbons (Fsp3) is 0.857. The van der Waals surface area contributed by atoms with Crippen molar-refractivity contribution >= 4 is 5.97 Å². The lowest BCUT2D eigenvalue weighted by Gasteiger charge is -2.02. The summed E-state index contributed by atoms with van der Waals surface area (Å²) in [7, 11) is 0. The normalized spacial score (nSPS) is 11.3. The summed E-state index contributed by atoms with van der Waals surface area (Å²) in [6.07, 6.45) is 25.7. The molecule has 0 amide bonds. The van der Waals surface area contributed by atoms with Gasteiger partial charge in [0, 0.05) is 6.42 Å². The first-order valence-electron chi connectivity index (χ1n) is 10.1. The average Bonchev–Trinajstić information content (AvgIpc) is 2.53. The summed E-state index contributed by atoms with van der Waals surface area (Å²) in [5.74, 6) is -0.703. The summed E-state index contributed by atoms with van der Waals surface area (Å²) in [5.41, 5.74) is 0. The minimum atomic E-state index is -0.703. The fourth-order valence-electron chi connectivity index (χ4n) is 2.90. The van der Waals surface area contributed by atoms with Crippen molar-refractivity contribution in [2.75, 3.05) is 0 Å². The molecule has 1 N–H and O–H groups in total. The summed E-state index contributed by atoms with van der Waals surface area (Å²) in [6.45, 7) is 2.28. The van der Waals surface area contributed by atoms with Gasteiger partial charge in [-0.15, -0.1) is 0 Å². The van der Waals surface area contributed by atoms with Crippen molar-refractivity contribution in [3.63, 3.8) is 0 Å². The Morgan fingerprint density at radius 1 is 0.652 bits per heavy atom. The molecule has 23 heavy (non-hydrogen) atoms. The highest BCUT2D eigenvalue weighted by atomic mass is 16.4. The van der Waals surface area contributed by atoms with Crippen LogP contribution in [0.4, 0.5) is 0 Å². The molecule has 0 saturated carbocycles. The van der Waals surface area contributed by atoms with Crippen molar-refractivity contribution in [3.8, 4) is 0 Å². The highest BCUT2D eigenvalue weighted by Gasteiger charge is 1.94. The second kappa shape index (κ2) is 19.3. The van der Waals surface area contributed by atoms with E-state index < -0.39 is 5.97 Å². The second-order valence-electron chi connectivity index (χ2n) is 6.79. The molecule has 0 heterocycles. The summed E-state index contributed by atoms with van der Waals surface area (Å²) in [4.78, 5) is 10.3. The van der Waals surface area contributed by atoms with E-state index in [1.165, 1.54) is 89.9 Å². The Bertz CT molecular complexity index is 271. The van der Waals surface area contributed by atoms with Crippen LogP contribution in [-0.2, 0) is 4.79 Å². The SMILES string of the molecule is CCCCCCCCCCCCCCCCC=CCCC(=O)O. The van der Waals surface area contributed by atoms with Gasteiger partial charge in [0.05, 0.1) is 0 Å². The molecular formula is C21H40O2. The summed E-state index contributed by atoms with van der Waals surface area (Å²) >= 11 is 0. The van der Waals surface area contributed by atoms with Gasteiger partial charge in [0.15, 0.2) is 0 Å². The number of allylic oxidation sites excluding steroid dienone is 2. The molecule has 0 fully saturated rings. The molecule has 0 radical (unpaired) electrons. The number of carboxylic acid groups (broad SMARTS) is 1. The molecule has 0 aliphatic rings. The molecular weight excluding hydrogens is 284 g/mol. The maximum atomic E-state index is 10.3. The van der Waals surface area contributed by atoms with Gasteiger partial charge in [-0.05, 0) is 19.3 Å². The van der Waals surface area contributed by atoms with Crippen LogP contribution < -0.4 is 0 Å². The lowest BCUT2D eigenvalue weighted by Crippen LogP contribution is -1.91. The third-order valence-electron chi connectivity index (χ3n) is 4.42. The van der Waals surface area contributed by atoms with E-state index in [1.807, 2.05) is 6.08 Å². The van der Waals surface area contributed by atoms with Crippen molar-refractivity contribution in [1.82, 2.24) is 0 Å². The molecule has 0 bridgehead atoms. The van der Waals surface area contributed by atoms with Gasteiger partial charge >= 0.3 is 5.97 Å². The first-order chi connectivity index (χ1) is 11.3. The molecule has 0 rings (SSSR count). The number of hydrogen-bond donors (Lipinski definition) is 1. The number of unbranched alkanes of at least 4 members (excludes halogenated alkanes) is 14. The second-order valence-corrected chi connectivity index (χ2v) is 6.79. The fourth-order valence-corrected chi connectivity index (χ4v) is 2.90. The van der Waals surface area contributed by atoms with E-state index in [0.29, 0.717) is 6.42 Å². The Morgan fingerprint density at radius 2 is 1.04 bits per heavy atom. The molecule has 2 heteroatoms. The van der Waals surface area contributed by atoms with Crippen LogP contribution in [-0.4, -0.2) is 11.1 Å². The average molecular weight is 325 g/mol. The largest absolute Gasteiger partial charge is 0.481 e.